The van der Waals surface area contributed by atoms with Crippen LogP contribution in [0, 0.1) is 5.92 Å². The first-order valence-corrected chi connectivity index (χ1v) is 14.6. The van der Waals surface area contributed by atoms with Gasteiger partial charge in [-0.2, -0.15) is 0 Å². The van der Waals surface area contributed by atoms with Gasteiger partial charge in [0.25, 0.3) is 14.2 Å². The average Bonchev–Trinajstić information content (AvgIpc) is 3.54. The quantitative estimate of drug-likeness (QED) is 0.346. The van der Waals surface area contributed by atoms with Crippen molar-refractivity contribution in [2.75, 3.05) is 19.0 Å². The van der Waals surface area contributed by atoms with Crippen LogP contribution in [0.1, 0.15) is 71.2 Å². The number of aliphatic hydroxyl groups is 1. The van der Waals surface area contributed by atoms with Gasteiger partial charge in [0.15, 0.2) is 5.75 Å². The number of benzene rings is 1. The van der Waals surface area contributed by atoms with Gasteiger partial charge in [0.05, 0.1) is 31.0 Å². The van der Waals surface area contributed by atoms with E-state index in [9.17, 15) is 19.8 Å². The Hall–Kier alpha value is -2.52. The number of rotatable bonds is 10. The fourth-order valence-electron chi connectivity index (χ4n) is 5.69. The number of carbonyl (C=O) groups excluding carboxylic acids is 1. The molecule has 0 unspecified atom stereocenters. The predicted octanol–water partition coefficient (Wildman–Crippen LogP) is 5.84. The number of anilines is 1. The molecule has 1 aromatic carbocycles. The van der Waals surface area contributed by atoms with E-state index in [-0.39, 0.29) is 29.8 Å². The molecular formula is C26H40N2O6Si. The zero-order valence-corrected chi connectivity index (χ0v) is 22.9. The van der Waals surface area contributed by atoms with Gasteiger partial charge in [-0.1, -0.05) is 41.5 Å². The Kier molecular flexibility index (Phi) is 8.21. The van der Waals surface area contributed by atoms with E-state index in [0.717, 1.165) is 12.8 Å². The number of amides is 2. The highest BCUT2D eigenvalue weighted by atomic mass is 28.4. The third-order valence-electron chi connectivity index (χ3n) is 7.49. The number of carboxylic acid groups (broad SMARTS) is 1. The SMILES string of the molecule is COc1cc(C(=O)N2C=C(C3CC3)C[C@H]2CO)c(NC(=O)O)cc1O[Si](C(C)C)(C(C)C)C(C)C. The van der Waals surface area contributed by atoms with Crippen LogP contribution in [0.4, 0.5) is 10.5 Å². The molecule has 0 bridgehead atoms. The van der Waals surface area contributed by atoms with Crippen molar-refractivity contribution in [3.8, 4) is 11.5 Å². The number of hydrogen-bond donors (Lipinski definition) is 3. The second kappa shape index (κ2) is 10.6. The molecule has 1 aromatic rings. The van der Waals surface area contributed by atoms with Gasteiger partial charge in [-0.05, 0) is 53.4 Å². The van der Waals surface area contributed by atoms with E-state index in [1.54, 1.807) is 12.1 Å². The molecule has 0 spiro atoms. The number of ether oxygens (including phenoxy) is 1. The number of carbonyl (C=O) groups is 2. The Morgan fingerprint density at radius 3 is 2.14 bits per heavy atom. The summed E-state index contributed by atoms with van der Waals surface area (Å²) in [7, 11) is -0.858. The molecule has 1 heterocycles. The molecule has 0 radical (unpaired) electrons. The van der Waals surface area contributed by atoms with E-state index in [4.69, 9.17) is 9.16 Å². The fourth-order valence-corrected chi connectivity index (χ4v) is 10.9. The van der Waals surface area contributed by atoms with Gasteiger partial charge < -0.3 is 24.3 Å². The van der Waals surface area contributed by atoms with Crippen molar-refractivity contribution in [1.29, 1.82) is 0 Å². The first-order chi connectivity index (χ1) is 16.5. The summed E-state index contributed by atoms with van der Waals surface area (Å²) in [5.41, 5.74) is 2.36. The van der Waals surface area contributed by atoms with Crippen LogP contribution in [0.25, 0.3) is 0 Å². The van der Waals surface area contributed by atoms with E-state index < -0.39 is 14.4 Å². The third kappa shape index (κ3) is 5.35. The summed E-state index contributed by atoms with van der Waals surface area (Å²) in [6.45, 7) is 12.8. The molecule has 1 atom stereocenters. The van der Waals surface area contributed by atoms with Gasteiger partial charge >= 0.3 is 6.09 Å². The average molecular weight is 505 g/mol. The number of methoxy groups -OCH3 is 1. The van der Waals surface area contributed by atoms with Crippen molar-refractivity contribution in [2.24, 2.45) is 5.92 Å². The smallest absolute Gasteiger partial charge is 0.409 e. The Morgan fingerprint density at radius 2 is 1.69 bits per heavy atom. The van der Waals surface area contributed by atoms with E-state index in [1.807, 2.05) is 6.20 Å². The maximum Gasteiger partial charge on any atom is 0.409 e. The van der Waals surface area contributed by atoms with E-state index in [2.05, 4.69) is 46.9 Å². The first-order valence-electron chi connectivity index (χ1n) is 12.5. The van der Waals surface area contributed by atoms with Crippen LogP contribution in [0.3, 0.4) is 0 Å². The molecule has 9 heteroatoms. The molecule has 3 rings (SSSR count). The highest BCUT2D eigenvalue weighted by Crippen LogP contribution is 2.47. The number of nitrogens with one attached hydrogen (secondary N) is 1. The lowest BCUT2D eigenvalue weighted by Gasteiger charge is -2.42. The zero-order valence-electron chi connectivity index (χ0n) is 21.9. The molecule has 1 aliphatic carbocycles. The van der Waals surface area contributed by atoms with Gasteiger partial charge in [0.2, 0.25) is 0 Å². The second-order valence-electron chi connectivity index (χ2n) is 10.6. The monoisotopic (exact) mass is 504 g/mol. The minimum absolute atomic E-state index is 0.141. The third-order valence-corrected chi connectivity index (χ3v) is 13.5. The van der Waals surface area contributed by atoms with Crippen LogP contribution < -0.4 is 14.5 Å². The molecule has 3 N–H and O–H groups in total. The van der Waals surface area contributed by atoms with Crippen LogP contribution in [0.5, 0.6) is 11.5 Å². The summed E-state index contributed by atoms with van der Waals surface area (Å²) >= 11 is 0. The van der Waals surface area contributed by atoms with E-state index in [0.29, 0.717) is 40.5 Å². The lowest BCUT2D eigenvalue weighted by atomic mass is 10.1. The molecule has 8 nitrogen and oxygen atoms in total. The Labute approximate surface area is 209 Å². The van der Waals surface area contributed by atoms with Crippen molar-refractivity contribution in [1.82, 2.24) is 4.90 Å². The minimum atomic E-state index is -2.37. The molecule has 2 aliphatic rings. The summed E-state index contributed by atoms with van der Waals surface area (Å²) in [6.07, 6.45) is 3.40. The molecule has 1 aliphatic heterocycles. The van der Waals surface area contributed by atoms with Gasteiger partial charge in [-0.15, -0.1) is 0 Å². The Morgan fingerprint density at radius 1 is 1.09 bits per heavy atom. The second-order valence-corrected chi connectivity index (χ2v) is 16.0. The number of nitrogens with zero attached hydrogens (tertiary/aromatic N) is 1. The van der Waals surface area contributed by atoms with Gasteiger partial charge in [-0.3, -0.25) is 10.1 Å². The molecule has 0 aromatic heterocycles. The number of aliphatic hydroxyl groups excluding tert-OH is 1. The molecule has 0 saturated heterocycles. The predicted molar refractivity (Wildman–Crippen MR) is 139 cm³/mol. The van der Waals surface area contributed by atoms with Crippen LogP contribution >= 0.6 is 0 Å². The summed E-state index contributed by atoms with van der Waals surface area (Å²) in [6, 6.07) is 2.77. The summed E-state index contributed by atoms with van der Waals surface area (Å²) in [5.74, 6) is 0.914. The van der Waals surface area contributed by atoms with Gasteiger partial charge in [0, 0.05) is 12.3 Å². The summed E-state index contributed by atoms with van der Waals surface area (Å²) in [4.78, 5) is 26.8. The maximum atomic E-state index is 13.6. The van der Waals surface area contributed by atoms with Crippen LogP contribution in [-0.4, -0.2) is 55.2 Å². The maximum absolute atomic E-state index is 13.6. The van der Waals surface area contributed by atoms with Crippen LogP contribution in [0.2, 0.25) is 16.6 Å². The lowest BCUT2D eigenvalue weighted by Crippen LogP contribution is -2.50. The van der Waals surface area contributed by atoms with E-state index in [1.165, 1.54) is 17.6 Å². The minimum Gasteiger partial charge on any atom is -0.540 e. The topological polar surface area (TPSA) is 108 Å². The van der Waals surface area contributed by atoms with Crippen LogP contribution in [-0.2, 0) is 0 Å². The normalized spacial score (nSPS) is 18.3. The highest BCUT2D eigenvalue weighted by molar-refractivity contribution is 6.78. The Bertz CT molecular complexity index is 965. The largest absolute Gasteiger partial charge is 0.540 e. The van der Waals surface area contributed by atoms with Crippen LogP contribution in [0.15, 0.2) is 23.9 Å². The molecule has 2 amide bonds. The molecule has 35 heavy (non-hydrogen) atoms. The highest BCUT2D eigenvalue weighted by Gasteiger charge is 2.47. The fraction of sp³-hybridized carbons (Fsp3) is 0.615. The van der Waals surface area contributed by atoms with Crippen molar-refractivity contribution in [2.45, 2.75) is 83.5 Å². The summed E-state index contributed by atoms with van der Waals surface area (Å²) < 4.78 is 12.4. The van der Waals surface area contributed by atoms with Crippen molar-refractivity contribution in [3.05, 3.63) is 29.5 Å². The number of hydrogen-bond acceptors (Lipinski definition) is 5. The van der Waals surface area contributed by atoms with Crippen molar-refractivity contribution < 1.29 is 29.0 Å². The molecule has 1 fully saturated rings. The Balaban J connectivity index is 2.08. The summed E-state index contributed by atoms with van der Waals surface area (Å²) in [5, 5.41) is 21.8. The lowest BCUT2D eigenvalue weighted by molar-refractivity contribution is 0.0732. The van der Waals surface area contributed by atoms with Gasteiger partial charge in [-0.25, -0.2) is 4.79 Å². The van der Waals surface area contributed by atoms with Crippen molar-refractivity contribution >= 4 is 26.0 Å². The zero-order chi connectivity index (χ0) is 26.1. The van der Waals surface area contributed by atoms with Gasteiger partial charge in [0.1, 0.15) is 5.75 Å². The van der Waals surface area contributed by atoms with Crippen molar-refractivity contribution in [3.63, 3.8) is 0 Å². The van der Waals surface area contributed by atoms with E-state index >= 15 is 0 Å². The first kappa shape index (κ1) is 27.1. The molecular weight excluding hydrogens is 464 g/mol. The molecule has 194 valence electrons. The molecule has 1 saturated carbocycles. The standard InChI is InChI=1S/C26H40N2O6Si/c1-15(2)35(16(3)4,17(5)6)34-24-12-22(27-26(31)32)21(11-23(24)33-7)25(30)28-13-19(18-8-9-18)10-20(28)14-29/h11-13,15-18,20,27,29H,8-10,14H2,1-7H3,(H,31,32)/t20-/m0/s1.